The molecular weight excluding hydrogens is 392 g/mol. The van der Waals surface area contributed by atoms with Gasteiger partial charge in [-0.25, -0.2) is 5.43 Å². The zero-order chi connectivity index (χ0) is 22.0. The number of fused-ring (bicyclic) bond motifs is 1. The van der Waals surface area contributed by atoms with Gasteiger partial charge in [0.25, 0.3) is 0 Å². The van der Waals surface area contributed by atoms with Crippen molar-refractivity contribution in [2.45, 2.75) is 44.6 Å². The number of rotatable bonds is 6. The van der Waals surface area contributed by atoms with Gasteiger partial charge in [0, 0.05) is 36.7 Å². The molecule has 2 heterocycles. The van der Waals surface area contributed by atoms with Gasteiger partial charge in [0.05, 0.1) is 18.5 Å². The van der Waals surface area contributed by atoms with Crippen molar-refractivity contribution in [3.05, 3.63) is 35.5 Å². The number of carbonyl (C=O) groups is 1. The first kappa shape index (κ1) is 21.3. The molecule has 1 aromatic carbocycles. The summed E-state index contributed by atoms with van der Waals surface area (Å²) in [6, 6.07) is 8.13. The zero-order valence-corrected chi connectivity index (χ0v) is 18.1. The number of hydrogen-bond donors (Lipinski definition) is 3. The molecule has 1 saturated heterocycles. The SMILES string of the molecule is CCCOc1cccc(-c2c(C3CCC4C(=O)NNC(CN)C4C3)cnn2C)c1C#N. The van der Waals surface area contributed by atoms with Crippen molar-refractivity contribution < 1.29 is 9.53 Å². The Kier molecular flexibility index (Phi) is 6.25. The van der Waals surface area contributed by atoms with Crippen LogP contribution >= 0.6 is 0 Å². The minimum absolute atomic E-state index is 0.00777. The molecule has 4 atom stereocenters. The van der Waals surface area contributed by atoms with E-state index in [2.05, 4.69) is 22.0 Å². The third kappa shape index (κ3) is 3.91. The van der Waals surface area contributed by atoms with Crippen molar-refractivity contribution in [2.24, 2.45) is 24.6 Å². The quantitative estimate of drug-likeness (QED) is 0.657. The smallest absolute Gasteiger partial charge is 0.237 e. The lowest BCUT2D eigenvalue weighted by atomic mass is 9.68. The maximum absolute atomic E-state index is 12.4. The Morgan fingerprint density at radius 1 is 1.39 bits per heavy atom. The molecule has 0 radical (unpaired) electrons. The lowest BCUT2D eigenvalue weighted by Gasteiger charge is -2.43. The Labute approximate surface area is 182 Å². The summed E-state index contributed by atoms with van der Waals surface area (Å²) in [6.45, 7) is 3.08. The molecule has 4 N–H and O–H groups in total. The predicted molar refractivity (Wildman–Crippen MR) is 117 cm³/mol. The van der Waals surface area contributed by atoms with Gasteiger partial charge in [0.2, 0.25) is 5.91 Å². The second-order valence-corrected chi connectivity index (χ2v) is 8.47. The van der Waals surface area contributed by atoms with Crippen LogP contribution in [0.25, 0.3) is 11.3 Å². The van der Waals surface area contributed by atoms with Crippen molar-refractivity contribution in [1.82, 2.24) is 20.6 Å². The van der Waals surface area contributed by atoms with Crippen LogP contribution < -0.4 is 21.3 Å². The van der Waals surface area contributed by atoms with E-state index in [4.69, 9.17) is 10.5 Å². The molecule has 1 saturated carbocycles. The summed E-state index contributed by atoms with van der Waals surface area (Å²) < 4.78 is 7.67. The molecule has 1 amide bonds. The minimum atomic E-state index is -0.00777. The van der Waals surface area contributed by atoms with Crippen LogP contribution in [0.1, 0.15) is 49.7 Å². The fourth-order valence-corrected chi connectivity index (χ4v) is 5.11. The van der Waals surface area contributed by atoms with E-state index in [9.17, 15) is 10.1 Å². The summed E-state index contributed by atoms with van der Waals surface area (Å²) in [4.78, 5) is 12.4. The maximum Gasteiger partial charge on any atom is 0.237 e. The minimum Gasteiger partial charge on any atom is -0.492 e. The van der Waals surface area contributed by atoms with Gasteiger partial charge < -0.3 is 10.5 Å². The predicted octanol–water partition coefficient (Wildman–Crippen LogP) is 2.21. The van der Waals surface area contributed by atoms with E-state index < -0.39 is 0 Å². The first-order valence-electron chi connectivity index (χ1n) is 11.0. The molecule has 2 fully saturated rings. The molecule has 164 valence electrons. The summed E-state index contributed by atoms with van der Waals surface area (Å²) in [7, 11) is 1.91. The monoisotopic (exact) mass is 422 g/mol. The molecule has 4 rings (SSSR count). The van der Waals surface area contributed by atoms with E-state index in [0.29, 0.717) is 24.5 Å². The summed E-state index contributed by atoms with van der Waals surface area (Å²) in [5.41, 5.74) is 15.3. The Hall–Kier alpha value is -2.89. The molecule has 1 aromatic heterocycles. The molecule has 1 aliphatic carbocycles. The van der Waals surface area contributed by atoms with Crippen LogP contribution in [0, 0.1) is 23.2 Å². The summed E-state index contributed by atoms with van der Waals surface area (Å²) >= 11 is 0. The molecule has 8 heteroatoms. The number of amides is 1. The highest BCUT2D eigenvalue weighted by Gasteiger charge is 2.43. The van der Waals surface area contributed by atoms with E-state index in [1.165, 1.54) is 0 Å². The lowest BCUT2D eigenvalue weighted by molar-refractivity contribution is -0.133. The van der Waals surface area contributed by atoms with Crippen LogP contribution in [-0.4, -0.2) is 34.9 Å². The number of aryl methyl sites for hydroxylation is 1. The Morgan fingerprint density at radius 2 is 2.23 bits per heavy atom. The number of nitrogens with zero attached hydrogens (tertiary/aromatic N) is 3. The van der Waals surface area contributed by atoms with E-state index in [1.807, 2.05) is 43.0 Å². The largest absolute Gasteiger partial charge is 0.492 e. The Morgan fingerprint density at radius 3 is 2.97 bits per heavy atom. The second-order valence-electron chi connectivity index (χ2n) is 8.47. The molecule has 0 bridgehead atoms. The van der Waals surface area contributed by atoms with E-state index in [1.54, 1.807) is 0 Å². The maximum atomic E-state index is 12.4. The Bertz CT molecular complexity index is 994. The van der Waals surface area contributed by atoms with Crippen LogP contribution in [0.2, 0.25) is 0 Å². The van der Waals surface area contributed by atoms with E-state index in [0.717, 1.165) is 42.5 Å². The molecule has 2 aliphatic rings. The van der Waals surface area contributed by atoms with Crippen LogP contribution in [0.15, 0.2) is 24.4 Å². The van der Waals surface area contributed by atoms with Crippen molar-refractivity contribution in [1.29, 1.82) is 5.26 Å². The number of hydrogen-bond acceptors (Lipinski definition) is 6. The number of nitrogens with one attached hydrogen (secondary N) is 2. The number of carbonyl (C=O) groups excluding carboxylic acids is 1. The number of ether oxygens (including phenoxy) is 1. The lowest BCUT2D eigenvalue weighted by Crippen LogP contribution is -2.62. The number of hydrazine groups is 1. The standard InChI is InChI=1S/C23H30N6O2/c1-3-9-31-21-6-4-5-15(18(21)11-24)22-19(13-26-29(22)2)14-7-8-16-17(10-14)20(12-25)27-28-23(16)30/h4-6,13-14,16-17,20,27H,3,7-10,12,25H2,1-2H3,(H,28,30). The number of nitriles is 1. The van der Waals surface area contributed by atoms with Gasteiger partial charge in [-0.3, -0.25) is 14.9 Å². The fourth-order valence-electron chi connectivity index (χ4n) is 5.11. The number of aromatic nitrogens is 2. The van der Waals surface area contributed by atoms with Crippen molar-refractivity contribution >= 4 is 5.91 Å². The van der Waals surface area contributed by atoms with Gasteiger partial charge in [0.1, 0.15) is 17.4 Å². The third-order valence-electron chi connectivity index (χ3n) is 6.65. The molecule has 1 aliphatic heterocycles. The topological polar surface area (TPSA) is 118 Å². The zero-order valence-electron chi connectivity index (χ0n) is 18.1. The second kappa shape index (κ2) is 9.08. The van der Waals surface area contributed by atoms with Gasteiger partial charge in [-0.05, 0) is 43.6 Å². The highest BCUT2D eigenvalue weighted by atomic mass is 16.5. The van der Waals surface area contributed by atoms with Crippen molar-refractivity contribution in [3.8, 4) is 23.1 Å². The van der Waals surface area contributed by atoms with Gasteiger partial charge in [0.15, 0.2) is 0 Å². The third-order valence-corrected chi connectivity index (χ3v) is 6.65. The van der Waals surface area contributed by atoms with E-state index in [-0.39, 0.29) is 29.7 Å². The first-order valence-corrected chi connectivity index (χ1v) is 11.0. The molecule has 31 heavy (non-hydrogen) atoms. The van der Waals surface area contributed by atoms with Gasteiger partial charge in [-0.2, -0.15) is 10.4 Å². The fraction of sp³-hybridized carbons (Fsp3) is 0.522. The van der Waals surface area contributed by atoms with Crippen molar-refractivity contribution in [3.63, 3.8) is 0 Å². The summed E-state index contributed by atoms with van der Waals surface area (Å²) in [6.07, 6.45) is 5.37. The Balaban J connectivity index is 1.70. The summed E-state index contributed by atoms with van der Waals surface area (Å²) in [5, 5.41) is 14.5. The summed E-state index contributed by atoms with van der Waals surface area (Å²) in [5.74, 6) is 1.09. The number of benzene rings is 1. The number of nitrogens with two attached hydrogens (primary N) is 1. The first-order chi connectivity index (χ1) is 15.1. The molecule has 8 nitrogen and oxygen atoms in total. The van der Waals surface area contributed by atoms with Crippen LogP contribution in [0.5, 0.6) is 5.75 Å². The average molecular weight is 423 g/mol. The molecular formula is C23H30N6O2. The molecule has 0 spiro atoms. The average Bonchev–Trinajstić information content (AvgIpc) is 3.18. The normalized spacial score (nSPS) is 25.4. The van der Waals surface area contributed by atoms with Crippen LogP contribution in [0.3, 0.4) is 0 Å². The van der Waals surface area contributed by atoms with Crippen LogP contribution in [-0.2, 0) is 11.8 Å². The molecule has 4 unspecified atom stereocenters. The highest BCUT2D eigenvalue weighted by Crippen LogP contribution is 2.45. The highest BCUT2D eigenvalue weighted by molar-refractivity contribution is 5.79. The van der Waals surface area contributed by atoms with Gasteiger partial charge in [-0.1, -0.05) is 19.1 Å². The van der Waals surface area contributed by atoms with Gasteiger partial charge >= 0.3 is 0 Å². The van der Waals surface area contributed by atoms with Crippen molar-refractivity contribution in [2.75, 3.05) is 13.2 Å². The van der Waals surface area contributed by atoms with Crippen LogP contribution in [0.4, 0.5) is 0 Å². The molecule has 2 aromatic rings. The van der Waals surface area contributed by atoms with E-state index >= 15 is 0 Å². The van der Waals surface area contributed by atoms with Gasteiger partial charge in [-0.15, -0.1) is 0 Å².